The maximum Gasteiger partial charge on any atom is 0.269 e. The molecule has 6 heteroatoms. The molecule has 6 nitrogen and oxygen atoms in total. The van der Waals surface area contributed by atoms with Gasteiger partial charge in [-0.05, 0) is 31.0 Å². The van der Waals surface area contributed by atoms with Crippen LogP contribution in [0.1, 0.15) is 23.3 Å². The lowest BCUT2D eigenvalue weighted by molar-refractivity contribution is 0.0930. The average molecular weight is 301 g/mol. The predicted octanol–water partition coefficient (Wildman–Crippen LogP) is 1.59. The van der Waals surface area contributed by atoms with Crippen molar-refractivity contribution in [3.63, 3.8) is 0 Å². The Kier molecular flexibility index (Phi) is 3.85. The lowest BCUT2D eigenvalue weighted by atomic mass is 10.1. The number of aromatic amines is 1. The fourth-order valence-corrected chi connectivity index (χ4v) is 2.36. The lowest BCUT2D eigenvalue weighted by Gasteiger charge is -2.11. The summed E-state index contributed by atoms with van der Waals surface area (Å²) in [7, 11) is 1.60. The maximum absolute atomic E-state index is 12.1. The van der Waals surface area contributed by atoms with Crippen molar-refractivity contribution >= 4 is 5.91 Å². The number of aliphatic hydroxyl groups excluding tert-OH is 1. The summed E-state index contributed by atoms with van der Waals surface area (Å²) in [5.74, 6) is 0.492. The van der Waals surface area contributed by atoms with Crippen molar-refractivity contribution in [1.82, 2.24) is 15.5 Å². The van der Waals surface area contributed by atoms with Gasteiger partial charge in [0.1, 0.15) is 11.4 Å². The molecule has 0 aliphatic heterocycles. The molecule has 0 radical (unpaired) electrons. The van der Waals surface area contributed by atoms with Crippen molar-refractivity contribution < 1.29 is 14.6 Å². The third kappa shape index (κ3) is 2.82. The monoisotopic (exact) mass is 301 g/mol. The first-order chi connectivity index (χ1) is 10.7. The summed E-state index contributed by atoms with van der Waals surface area (Å²) in [5, 5.41) is 19.0. The highest BCUT2D eigenvalue weighted by Gasteiger charge is 2.42. The Morgan fingerprint density at radius 3 is 2.91 bits per heavy atom. The smallest absolute Gasteiger partial charge is 0.269 e. The summed E-state index contributed by atoms with van der Waals surface area (Å²) in [4.78, 5) is 12.1. The Morgan fingerprint density at radius 2 is 2.23 bits per heavy atom. The number of H-pyrrole nitrogens is 1. The molecule has 0 unspecified atom stereocenters. The average Bonchev–Trinajstić information content (AvgIpc) is 3.18. The van der Waals surface area contributed by atoms with Crippen molar-refractivity contribution in [3.05, 3.63) is 36.0 Å². The van der Waals surface area contributed by atoms with Crippen LogP contribution in [0.3, 0.4) is 0 Å². The van der Waals surface area contributed by atoms with Crippen LogP contribution in [-0.2, 0) is 0 Å². The molecule has 0 atom stereocenters. The van der Waals surface area contributed by atoms with Crippen LogP contribution < -0.4 is 10.1 Å². The molecule has 1 aromatic carbocycles. The van der Waals surface area contributed by atoms with Crippen LogP contribution in [-0.4, -0.2) is 41.5 Å². The first kappa shape index (κ1) is 14.6. The summed E-state index contributed by atoms with van der Waals surface area (Å²) in [6.45, 7) is 0.605. The fraction of sp³-hybridized carbons (Fsp3) is 0.375. The molecule has 1 heterocycles. The molecule has 1 saturated carbocycles. The Bertz CT molecular complexity index is 677. The molecular formula is C16H19N3O3. The molecular weight excluding hydrogens is 282 g/mol. The van der Waals surface area contributed by atoms with Crippen LogP contribution in [0.4, 0.5) is 0 Å². The fourth-order valence-electron chi connectivity index (χ4n) is 2.36. The van der Waals surface area contributed by atoms with Crippen LogP contribution in [0, 0.1) is 5.41 Å². The highest BCUT2D eigenvalue weighted by molar-refractivity contribution is 5.93. The highest BCUT2D eigenvalue weighted by Crippen LogP contribution is 2.44. The van der Waals surface area contributed by atoms with E-state index >= 15 is 0 Å². The van der Waals surface area contributed by atoms with E-state index in [1.165, 1.54) is 0 Å². The third-order valence-electron chi connectivity index (χ3n) is 4.12. The second kappa shape index (κ2) is 5.81. The molecule has 2 aromatic rings. The molecule has 0 bridgehead atoms. The number of nitrogens with zero attached hydrogens (tertiary/aromatic N) is 1. The number of hydrogen-bond acceptors (Lipinski definition) is 4. The van der Waals surface area contributed by atoms with E-state index in [1.54, 1.807) is 13.2 Å². The number of benzene rings is 1. The van der Waals surface area contributed by atoms with Gasteiger partial charge in [-0.15, -0.1) is 0 Å². The van der Waals surface area contributed by atoms with Crippen molar-refractivity contribution in [2.45, 2.75) is 12.8 Å². The van der Waals surface area contributed by atoms with Gasteiger partial charge >= 0.3 is 0 Å². The van der Waals surface area contributed by atoms with E-state index in [1.807, 2.05) is 24.3 Å². The van der Waals surface area contributed by atoms with Gasteiger partial charge in [0.05, 0.1) is 19.4 Å². The topological polar surface area (TPSA) is 87.2 Å². The van der Waals surface area contributed by atoms with Gasteiger partial charge in [-0.3, -0.25) is 9.89 Å². The third-order valence-corrected chi connectivity index (χ3v) is 4.12. The Hall–Kier alpha value is -2.34. The van der Waals surface area contributed by atoms with Gasteiger partial charge < -0.3 is 15.2 Å². The van der Waals surface area contributed by atoms with Crippen molar-refractivity contribution in [2.75, 3.05) is 20.3 Å². The van der Waals surface area contributed by atoms with Crippen LogP contribution in [0.25, 0.3) is 11.3 Å². The number of para-hydroxylation sites is 1. The summed E-state index contributed by atoms with van der Waals surface area (Å²) < 4.78 is 5.30. The Labute approximate surface area is 128 Å². The van der Waals surface area contributed by atoms with E-state index in [2.05, 4.69) is 15.5 Å². The van der Waals surface area contributed by atoms with Crippen molar-refractivity contribution in [2.24, 2.45) is 5.41 Å². The van der Waals surface area contributed by atoms with E-state index in [9.17, 15) is 9.90 Å². The molecule has 0 saturated heterocycles. The molecule has 116 valence electrons. The number of aliphatic hydroxyl groups is 1. The molecule has 1 aliphatic rings. The number of hydrogen-bond donors (Lipinski definition) is 3. The molecule has 1 aliphatic carbocycles. The molecule has 0 spiro atoms. The molecule has 22 heavy (non-hydrogen) atoms. The lowest BCUT2D eigenvalue weighted by Crippen LogP contribution is -2.32. The van der Waals surface area contributed by atoms with Crippen LogP contribution >= 0.6 is 0 Å². The number of rotatable bonds is 6. The second-order valence-corrected chi connectivity index (χ2v) is 5.71. The van der Waals surface area contributed by atoms with Crippen LogP contribution in [0.5, 0.6) is 5.75 Å². The quantitative estimate of drug-likeness (QED) is 0.756. The molecule has 3 rings (SSSR count). The minimum absolute atomic E-state index is 0.110. The molecule has 1 amide bonds. The predicted molar refractivity (Wildman–Crippen MR) is 81.7 cm³/mol. The number of carbonyl (C=O) groups is 1. The van der Waals surface area contributed by atoms with Gasteiger partial charge in [0.15, 0.2) is 0 Å². The number of aromatic nitrogens is 2. The maximum atomic E-state index is 12.1. The minimum atomic E-state index is -0.214. The zero-order chi connectivity index (χ0) is 15.6. The number of nitrogens with one attached hydrogen (secondary N) is 2. The van der Waals surface area contributed by atoms with Crippen LogP contribution in [0.15, 0.2) is 30.3 Å². The SMILES string of the molecule is COc1ccccc1-c1cc(C(=O)NCC2(CO)CC2)[nH]n1. The standard InChI is InChI=1S/C16H19N3O3/c1-22-14-5-3-2-4-11(14)12-8-13(19-18-12)15(21)17-9-16(10-20)6-7-16/h2-5,8,20H,6-7,9-10H2,1H3,(H,17,21)(H,18,19). The summed E-state index contributed by atoms with van der Waals surface area (Å²) in [6.07, 6.45) is 1.92. The largest absolute Gasteiger partial charge is 0.496 e. The zero-order valence-electron chi connectivity index (χ0n) is 12.4. The molecule has 3 N–H and O–H groups in total. The Balaban J connectivity index is 1.72. The highest BCUT2D eigenvalue weighted by atomic mass is 16.5. The molecule has 1 fully saturated rings. The van der Waals surface area contributed by atoms with E-state index in [4.69, 9.17) is 4.74 Å². The van der Waals surface area contributed by atoms with Gasteiger partial charge in [-0.1, -0.05) is 12.1 Å². The first-order valence-electron chi connectivity index (χ1n) is 7.25. The number of methoxy groups -OCH3 is 1. The first-order valence-corrected chi connectivity index (χ1v) is 7.25. The van der Waals surface area contributed by atoms with Gasteiger partial charge in [0.25, 0.3) is 5.91 Å². The summed E-state index contributed by atoms with van der Waals surface area (Å²) in [5.41, 5.74) is 1.77. The van der Waals surface area contributed by atoms with E-state index < -0.39 is 0 Å². The second-order valence-electron chi connectivity index (χ2n) is 5.71. The van der Waals surface area contributed by atoms with Gasteiger partial charge in [-0.25, -0.2) is 0 Å². The van der Waals surface area contributed by atoms with Gasteiger partial charge in [0, 0.05) is 17.5 Å². The van der Waals surface area contributed by atoms with E-state index in [0.29, 0.717) is 23.7 Å². The van der Waals surface area contributed by atoms with E-state index in [-0.39, 0.29) is 17.9 Å². The number of ether oxygens (including phenoxy) is 1. The molecule has 1 aromatic heterocycles. The van der Waals surface area contributed by atoms with E-state index in [0.717, 1.165) is 18.4 Å². The van der Waals surface area contributed by atoms with Gasteiger partial charge in [-0.2, -0.15) is 5.10 Å². The number of carbonyl (C=O) groups excluding carboxylic acids is 1. The normalized spacial score (nSPS) is 15.4. The summed E-state index contributed by atoms with van der Waals surface area (Å²) in [6, 6.07) is 9.21. The van der Waals surface area contributed by atoms with Crippen molar-refractivity contribution in [1.29, 1.82) is 0 Å². The number of amides is 1. The minimum Gasteiger partial charge on any atom is -0.496 e. The summed E-state index contributed by atoms with van der Waals surface area (Å²) >= 11 is 0. The van der Waals surface area contributed by atoms with Crippen LogP contribution in [0.2, 0.25) is 0 Å². The zero-order valence-corrected chi connectivity index (χ0v) is 12.4. The van der Waals surface area contributed by atoms with Gasteiger partial charge in [0.2, 0.25) is 0 Å². The Morgan fingerprint density at radius 1 is 1.45 bits per heavy atom. The van der Waals surface area contributed by atoms with Crippen molar-refractivity contribution in [3.8, 4) is 17.0 Å².